The SMILES string of the molecule is CNC(c1sccc1Br)C1(OC)CCCC1. The fourth-order valence-corrected chi connectivity index (χ4v) is 4.55. The molecule has 1 aliphatic rings. The van der Waals surface area contributed by atoms with Crippen LogP contribution in [0.3, 0.4) is 0 Å². The highest BCUT2D eigenvalue weighted by Crippen LogP contribution is 2.45. The Labute approximate surface area is 110 Å². The van der Waals surface area contributed by atoms with Crippen LogP contribution in [0.1, 0.15) is 36.6 Å². The molecule has 16 heavy (non-hydrogen) atoms. The molecule has 0 radical (unpaired) electrons. The van der Waals surface area contributed by atoms with Gasteiger partial charge in [-0.1, -0.05) is 12.8 Å². The fraction of sp³-hybridized carbons (Fsp3) is 0.667. The Bertz CT molecular complexity index is 347. The van der Waals surface area contributed by atoms with Gasteiger partial charge in [0.15, 0.2) is 0 Å². The van der Waals surface area contributed by atoms with Crippen LogP contribution >= 0.6 is 27.3 Å². The second-order valence-electron chi connectivity index (χ2n) is 4.33. The minimum Gasteiger partial charge on any atom is -0.376 e. The molecular formula is C12H18BrNOS. The Kier molecular flexibility index (Phi) is 4.06. The Morgan fingerprint density at radius 3 is 2.62 bits per heavy atom. The standard InChI is InChI=1S/C12H18BrNOS/c1-14-11(10-9(13)5-8-16-10)12(15-2)6-3-4-7-12/h5,8,11,14H,3-4,6-7H2,1-2H3. The summed E-state index contributed by atoms with van der Waals surface area (Å²) in [5.41, 5.74) is -0.0118. The summed E-state index contributed by atoms with van der Waals surface area (Å²) in [6.45, 7) is 0. The summed E-state index contributed by atoms with van der Waals surface area (Å²) in [6, 6.07) is 2.41. The van der Waals surface area contributed by atoms with Crippen molar-refractivity contribution in [3.05, 3.63) is 20.8 Å². The summed E-state index contributed by atoms with van der Waals surface area (Å²) in [4.78, 5) is 1.35. The molecule has 1 aliphatic carbocycles. The fourth-order valence-electron chi connectivity index (χ4n) is 2.73. The molecule has 0 saturated heterocycles. The van der Waals surface area contributed by atoms with Crippen molar-refractivity contribution in [2.75, 3.05) is 14.2 Å². The third kappa shape index (κ3) is 2.08. The number of hydrogen-bond donors (Lipinski definition) is 1. The van der Waals surface area contributed by atoms with E-state index in [2.05, 4.69) is 32.7 Å². The van der Waals surface area contributed by atoms with Gasteiger partial charge in [-0.25, -0.2) is 0 Å². The van der Waals surface area contributed by atoms with Crippen LogP contribution in [0.25, 0.3) is 0 Å². The molecule has 0 aromatic carbocycles. The first kappa shape index (κ1) is 12.6. The summed E-state index contributed by atoms with van der Waals surface area (Å²) in [6.07, 6.45) is 4.85. The molecule has 2 rings (SSSR count). The second-order valence-corrected chi connectivity index (χ2v) is 6.13. The smallest absolute Gasteiger partial charge is 0.0880 e. The minimum atomic E-state index is -0.0118. The molecule has 1 heterocycles. The Balaban J connectivity index is 2.31. The summed E-state index contributed by atoms with van der Waals surface area (Å²) >= 11 is 5.42. The van der Waals surface area contributed by atoms with Crippen LogP contribution in [-0.4, -0.2) is 19.8 Å². The van der Waals surface area contributed by atoms with Crippen molar-refractivity contribution in [1.29, 1.82) is 0 Å². The van der Waals surface area contributed by atoms with Gasteiger partial charge in [-0.15, -0.1) is 11.3 Å². The zero-order chi connectivity index (χ0) is 11.6. The maximum atomic E-state index is 5.85. The summed E-state index contributed by atoms with van der Waals surface area (Å²) in [5.74, 6) is 0. The summed E-state index contributed by atoms with van der Waals surface area (Å²) in [7, 11) is 3.87. The molecule has 1 fully saturated rings. The molecule has 1 saturated carbocycles. The summed E-state index contributed by atoms with van der Waals surface area (Å²) < 4.78 is 7.05. The van der Waals surface area contributed by atoms with Crippen LogP contribution in [0.4, 0.5) is 0 Å². The predicted octanol–water partition coefficient (Wildman–Crippen LogP) is 3.73. The van der Waals surface area contributed by atoms with Crippen molar-refractivity contribution in [3.63, 3.8) is 0 Å². The first-order valence-corrected chi connectivity index (χ1v) is 7.36. The molecule has 0 spiro atoms. The third-order valence-electron chi connectivity index (χ3n) is 3.58. The molecular weight excluding hydrogens is 286 g/mol. The number of halogens is 1. The van der Waals surface area contributed by atoms with Gasteiger partial charge in [0.25, 0.3) is 0 Å². The molecule has 2 nitrogen and oxygen atoms in total. The van der Waals surface area contributed by atoms with Crippen molar-refractivity contribution in [3.8, 4) is 0 Å². The minimum absolute atomic E-state index is 0.0118. The number of methoxy groups -OCH3 is 1. The lowest BCUT2D eigenvalue weighted by Gasteiger charge is -2.36. The van der Waals surface area contributed by atoms with Crippen molar-refractivity contribution in [2.24, 2.45) is 0 Å². The topological polar surface area (TPSA) is 21.3 Å². The lowest BCUT2D eigenvalue weighted by Crippen LogP contribution is -2.42. The maximum Gasteiger partial charge on any atom is 0.0880 e. The molecule has 0 amide bonds. The molecule has 4 heteroatoms. The van der Waals surface area contributed by atoms with E-state index in [1.54, 1.807) is 11.3 Å². The van der Waals surface area contributed by atoms with Crippen LogP contribution in [0.5, 0.6) is 0 Å². The van der Waals surface area contributed by atoms with E-state index in [1.807, 2.05) is 14.2 Å². The molecule has 1 atom stereocenters. The molecule has 1 aromatic heterocycles. The lowest BCUT2D eigenvalue weighted by molar-refractivity contribution is -0.0341. The largest absolute Gasteiger partial charge is 0.376 e. The van der Waals surface area contributed by atoms with Crippen LogP contribution in [0, 0.1) is 0 Å². The highest BCUT2D eigenvalue weighted by Gasteiger charge is 2.42. The van der Waals surface area contributed by atoms with Gasteiger partial charge >= 0.3 is 0 Å². The zero-order valence-electron chi connectivity index (χ0n) is 9.75. The number of ether oxygens (including phenoxy) is 1. The third-order valence-corrected chi connectivity index (χ3v) is 5.51. The average molecular weight is 304 g/mol. The van der Waals surface area contributed by atoms with E-state index in [4.69, 9.17) is 4.74 Å². The van der Waals surface area contributed by atoms with Gasteiger partial charge in [0.1, 0.15) is 0 Å². The molecule has 0 aliphatic heterocycles. The van der Waals surface area contributed by atoms with Crippen LogP contribution in [-0.2, 0) is 4.74 Å². The quantitative estimate of drug-likeness (QED) is 0.915. The van der Waals surface area contributed by atoms with E-state index in [9.17, 15) is 0 Å². The average Bonchev–Trinajstić information content (AvgIpc) is 2.91. The van der Waals surface area contributed by atoms with Gasteiger partial charge in [0.05, 0.1) is 11.6 Å². The number of likely N-dealkylation sites (N-methyl/N-ethyl adjacent to an activating group) is 1. The van der Waals surface area contributed by atoms with E-state index in [1.165, 1.54) is 22.2 Å². The first-order chi connectivity index (χ1) is 7.73. The van der Waals surface area contributed by atoms with Gasteiger partial charge in [0, 0.05) is 16.5 Å². The lowest BCUT2D eigenvalue weighted by atomic mass is 9.91. The number of nitrogens with one attached hydrogen (secondary N) is 1. The van der Waals surface area contributed by atoms with E-state index in [-0.39, 0.29) is 5.60 Å². The Morgan fingerprint density at radius 2 is 2.19 bits per heavy atom. The predicted molar refractivity (Wildman–Crippen MR) is 72.0 cm³/mol. The van der Waals surface area contributed by atoms with Gasteiger partial charge < -0.3 is 10.1 Å². The molecule has 1 aromatic rings. The van der Waals surface area contributed by atoms with Gasteiger partial charge in [0.2, 0.25) is 0 Å². The Hall–Kier alpha value is 0.1000. The number of rotatable bonds is 4. The monoisotopic (exact) mass is 303 g/mol. The van der Waals surface area contributed by atoms with Crippen LogP contribution in [0.15, 0.2) is 15.9 Å². The van der Waals surface area contributed by atoms with Crippen molar-refractivity contribution >= 4 is 27.3 Å². The van der Waals surface area contributed by atoms with Crippen molar-refractivity contribution in [2.45, 2.75) is 37.3 Å². The van der Waals surface area contributed by atoms with Crippen LogP contribution in [0.2, 0.25) is 0 Å². The van der Waals surface area contributed by atoms with Gasteiger partial charge in [-0.3, -0.25) is 0 Å². The van der Waals surface area contributed by atoms with E-state index in [0.717, 1.165) is 12.8 Å². The highest BCUT2D eigenvalue weighted by molar-refractivity contribution is 9.10. The Morgan fingerprint density at radius 1 is 1.50 bits per heavy atom. The molecule has 0 bridgehead atoms. The zero-order valence-corrected chi connectivity index (χ0v) is 12.2. The van der Waals surface area contributed by atoms with Crippen molar-refractivity contribution < 1.29 is 4.74 Å². The number of thiophene rings is 1. The van der Waals surface area contributed by atoms with Gasteiger partial charge in [-0.05, 0) is 47.3 Å². The number of hydrogen-bond acceptors (Lipinski definition) is 3. The highest BCUT2D eigenvalue weighted by atomic mass is 79.9. The maximum absolute atomic E-state index is 5.85. The van der Waals surface area contributed by atoms with Crippen LogP contribution < -0.4 is 5.32 Å². The molecule has 90 valence electrons. The van der Waals surface area contributed by atoms with E-state index >= 15 is 0 Å². The molecule has 1 unspecified atom stereocenters. The van der Waals surface area contributed by atoms with E-state index in [0.29, 0.717) is 6.04 Å². The normalized spacial score (nSPS) is 21.2. The van der Waals surface area contributed by atoms with E-state index < -0.39 is 0 Å². The van der Waals surface area contributed by atoms with Gasteiger partial charge in [-0.2, -0.15) is 0 Å². The van der Waals surface area contributed by atoms with Crippen molar-refractivity contribution in [1.82, 2.24) is 5.32 Å². The summed E-state index contributed by atoms with van der Waals surface area (Å²) in [5, 5.41) is 5.56. The first-order valence-electron chi connectivity index (χ1n) is 5.69. The molecule has 1 N–H and O–H groups in total. The second kappa shape index (κ2) is 5.17.